The van der Waals surface area contributed by atoms with Crippen LogP contribution in [0.3, 0.4) is 0 Å². The van der Waals surface area contributed by atoms with Crippen molar-refractivity contribution in [1.29, 1.82) is 0 Å². The predicted octanol–water partition coefficient (Wildman–Crippen LogP) is 2.64. The summed E-state index contributed by atoms with van der Waals surface area (Å²) >= 11 is 0. The molecule has 1 unspecified atom stereocenters. The predicted molar refractivity (Wildman–Crippen MR) is 110 cm³/mol. The fourth-order valence-electron chi connectivity index (χ4n) is 3.43. The van der Waals surface area contributed by atoms with Crippen molar-refractivity contribution in [2.45, 2.75) is 26.8 Å². The summed E-state index contributed by atoms with van der Waals surface area (Å²) in [6.45, 7) is 8.50. The monoisotopic (exact) mass is 381 g/mol. The number of hydrogen-bond donors (Lipinski definition) is 0. The van der Waals surface area contributed by atoms with Crippen molar-refractivity contribution in [1.82, 2.24) is 14.9 Å². The molecule has 7 nitrogen and oxygen atoms in total. The summed E-state index contributed by atoms with van der Waals surface area (Å²) in [5.74, 6) is 1.67. The third-order valence-electron chi connectivity index (χ3n) is 5.06. The number of hydrogen-bond acceptors (Lipinski definition) is 6. The Morgan fingerprint density at radius 3 is 2.79 bits per heavy atom. The number of carbonyl (C=O) groups excluding carboxylic acids is 1. The zero-order valence-corrected chi connectivity index (χ0v) is 16.9. The number of rotatable bonds is 6. The number of piperazine rings is 1. The van der Waals surface area contributed by atoms with Crippen LogP contribution in [0.4, 0.5) is 5.82 Å². The largest absolute Gasteiger partial charge is 0.497 e. The van der Waals surface area contributed by atoms with Gasteiger partial charge in [0, 0.05) is 25.7 Å². The second-order valence-corrected chi connectivity index (χ2v) is 6.73. The Hall–Kier alpha value is -2.96. The molecule has 1 amide bonds. The van der Waals surface area contributed by atoms with Gasteiger partial charge in [-0.15, -0.1) is 0 Å². The van der Waals surface area contributed by atoms with Gasteiger partial charge in [0.2, 0.25) is 5.91 Å². The molecule has 148 valence electrons. The summed E-state index contributed by atoms with van der Waals surface area (Å²) in [7, 11) is 1.66. The van der Waals surface area contributed by atoms with Crippen LogP contribution in [0.15, 0.2) is 35.6 Å². The number of carbonyl (C=O) groups is 1. The third-order valence-corrected chi connectivity index (χ3v) is 5.06. The Balaban J connectivity index is 1.94. The standard InChI is InChI=1S/C21H27N5O2/c1-5-22-21(17-11-16(28-4)8-7-15(17)3)18-12-19(24-14-23-18)26-10-9-25(6-2)20(27)13-26/h5,7-8,11-12,14,21H,6,9-10,13H2,1-4H3. The summed E-state index contributed by atoms with van der Waals surface area (Å²) in [5.41, 5.74) is 2.95. The summed E-state index contributed by atoms with van der Waals surface area (Å²) in [6, 6.07) is 7.64. The van der Waals surface area contributed by atoms with Crippen molar-refractivity contribution < 1.29 is 9.53 Å². The second-order valence-electron chi connectivity index (χ2n) is 6.73. The van der Waals surface area contributed by atoms with Gasteiger partial charge in [0.05, 0.1) is 19.3 Å². The normalized spacial score (nSPS) is 15.9. The van der Waals surface area contributed by atoms with Crippen LogP contribution in [0, 0.1) is 6.92 Å². The molecule has 1 aromatic carbocycles. The maximum absolute atomic E-state index is 12.3. The Morgan fingerprint density at radius 1 is 1.29 bits per heavy atom. The summed E-state index contributed by atoms with van der Waals surface area (Å²) in [5, 5.41) is 0. The minimum absolute atomic E-state index is 0.126. The first-order chi connectivity index (χ1) is 13.6. The Morgan fingerprint density at radius 2 is 2.11 bits per heavy atom. The van der Waals surface area contributed by atoms with Gasteiger partial charge >= 0.3 is 0 Å². The van der Waals surface area contributed by atoms with Gasteiger partial charge in [-0.1, -0.05) is 6.07 Å². The van der Waals surface area contributed by atoms with E-state index in [1.165, 1.54) is 0 Å². The van der Waals surface area contributed by atoms with E-state index in [0.29, 0.717) is 13.1 Å². The van der Waals surface area contributed by atoms with Crippen molar-refractivity contribution in [3.05, 3.63) is 47.4 Å². The number of anilines is 1. The fourth-order valence-corrected chi connectivity index (χ4v) is 3.43. The first-order valence-electron chi connectivity index (χ1n) is 9.54. The van der Waals surface area contributed by atoms with E-state index in [0.717, 1.165) is 41.5 Å². The van der Waals surface area contributed by atoms with Crippen LogP contribution in [0.2, 0.25) is 0 Å². The number of aromatic nitrogens is 2. The Labute approximate surface area is 166 Å². The third kappa shape index (κ3) is 4.13. The number of ether oxygens (including phenoxy) is 1. The highest BCUT2D eigenvalue weighted by Gasteiger charge is 2.25. The average molecular weight is 381 g/mol. The zero-order chi connectivity index (χ0) is 20.1. The number of benzene rings is 1. The number of methoxy groups -OCH3 is 1. The molecule has 0 spiro atoms. The van der Waals surface area contributed by atoms with E-state index in [4.69, 9.17) is 4.74 Å². The van der Waals surface area contributed by atoms with Gasteiger partial charge in [-0.3, -0.25) is 9.79 Å². The maximum Gasteiger partial charge on any atom is 0.242 e. The van der Waals surface area contributed by atoms with E-state index in [9.17, 15) is 4.79 Å². The maximum atomic E-state index is 12.3. The summed E-state index contributed by atoms with van der Waals surface area (Å²) in [6.07, 6.45) is 3.34. The minimum atomic E-state index is -0.255. The molecule has 1 aliphatic rings. The van der Waals surface area contributed by atoms with Crippen LogP contribution in [0.25, 0.3) is 0 Å². The molecule has 1 aromatic heterocycles. The molecule has 1 saturated heterocycles. The van der Waals surface area contributed by atoms with Gasteiger partial charge < -0.3 is 14.5 Å². The van der Waals surface area contributed by atoms with E-state index in [1.807, 2.05) is 47.9 Å². The summed E-state index contributed by atoms with van der Waals surface area (Å²) in [4.78, 5) is 29.7. The van der Waals surface area contributed by atoms with Crippen LogP contribution in [-0.2, 0) is 4.79 Å². The fraction of sp³-hybridized carbons (Fsp3) is 0.429. The van der Waals surface area contributed by atoms with Gasteiger partial charge in [0.15, 0.2) is 0 Å². The molecule has 7 heteroatoms. The SMILES string of the molecule is CC=NC(c1cc(N2CCN(CC)C(=O)C2)ncn1)c1cc(OC)ccc1C. The van der Waals surface area contributed by atoms with Crippen molar-refractivity contribution >= 4 is 17.9 Å². The number of likely N-dealkylation sites (N-methyl/N-ethyl adjacent to an activating group) is 1. The molecule has 1 aliphatic heterocycles. The first kappa shape index (κ1) is 19.8. The molecular weight excluding hydrogens is 354 g/mol. The second kappa shape index (κ2) is 8.82. The highest BCUT2D eigenvalue weighted by molar-refractivity contribution is 5.82. The lowest BCUT2D eigenvalue weighted by Crippen LogP contribution is -2.50. The van der Waals surface area contributed by atoms with Crippen LogP contribution in [0.5, 0.6) is 5.75 Å². The van der Waals surface area contributed by atoms with Crippen molar-refractivity contribution in [2.24, 2.45) is 4.99 Å². The van der Waals surface area contributed by atoms with E-state index >= 15 is 0 Å². The molecule has 28 heavy (non-hydrogen) atoms. The molecule has 1 atom stereocenters. The first-order valence-corrected chi connectivity index (χ1v) is 9.54. The molecule has 0 bridgehead atoms. The minimum Gasteiger partial charge on any atom is -0.497 e. The topological polar surface area (TPSA) is 70.9 Å². The number of aliphatic imine (C=N–C) groups is 1. The molecule has 0 aliphatic carbocycles. The van der Waals surface area contributed by atoms with E-state index < -0.39 is 0 Å². The Kier molecular flexibility index (Phi) is 6.23. The molecule has 0 radical (unpaired) electrons. The lowest BCUT2D eigenvalue weighted by molar-refractivity contribution is -0.130. The molecule has 2 aromatic rings. The van der Waals surface area contributed by atoms with Gasteiger partial charge in [-0.05, 0) is 50.2 Å². The number of aryl methyl sites for hydroxylation is 1. The smallest absolute Gasteiger partial charge is 0.242 e. The van der Waals surface area contributed by atoms with Gasteiger partial charge in [0.1, 0.15) is 23.9 Å². The van der Waals surface area contributed by atoms with Gasteiger partial charge in [-0.2, -0.15) is 0 Å². The van der Waals surface area contributed by atoms with E-state index in [-0.39, 0.29) is 11.9 Å². The number of amides is 1. The van der Waals surface area contributed by atoms with Gasteiger partial charge in [0.25, 0.3) is 0 Å². The highest BCUT2D eigenvalue weighted by Crippen LogP contribution is 2.31. The molecule has 3 rings (SSSR count). The Bertz CT molecular complexity index is 868. The van der Waals surface area contributed by atoms with Crippen LogP contribution in [0.1, 0.15) is 36.7 Å². The van der Waals surface area contributed by atoms with E-state index in [1.54, 1.807) is 19.7 Å². The molecular formula is C21H27N5O2. The lowest BCUT2D eigenvalue weighted by Gasteiger charge is -2.34. The van der Waals surface area contributed by atoms with Crippen LogP contribution < -0.4 is 9.64 Å². The molecule has 1 fully saturated rings. The zero-order valence-electron chi connectivity index (χ0n) is 16.9. The average Bonchev–Trinajstić information content (AvgIpc) is 2.72. The summed E-state index contributed by atoms with van der Waals surface area (Å²) < 4.78 is 5.39. The highest BCUT2D eigenvalue weighted by atomic mass is 16.5. The van der Waals surface area contributed by atoms with Crippen molar-refractivity contribution in [3.63, 3.8) is 0 Å². The van der Waals surface area contributed by atoms with Crippen LogP contribution >= 0.6 is 0 Å². The van der Waals surface area contributed by atoms with Gasteiger partial charge in [-0.25, -0.2) is 9.97 Å². The van der Waals surface area contributed by atoms with E-state index in [2.05, 4.69) is 21.9 Å². The number of nitrogens with zero attached hydrogens (tertiary/aromatic N) is 5. The van der Waals surface area contributed by atoms with Crippen LogP contribution in [-0.4, -0.2) is 60.3 Å². The lowest BCUT2D eigenvalue weighted by atomic mass is 9.98. The van der Waals surface area contributed by atoms with Crippen molar-refractivity contribution in [2.75, 3.05) is 38.2 Å². The van der Waals surface area contributed by atoms with Crippen molar-refractivity contribution in [3.8, 4) is 5.75 Å². The molecule has 0 saturated carbocycles. The molecule has 0 N–H and O–H groups in total. The quantitative estimate of drug-likeness (QED) is 0.720. The molecule has 2 heterocycles.